The fraction of sp³-hybridized carbons (Fsp3) is 0.222. The smallest absolute Gasteiger partial charge is 0.237 e. The van der Waals surface area contributed by atoms with Crippen LogP contribution in [0.2, 0.25) is 0 Å². The normalized spacial score (nSPS) is 11.2. The topological polar surface area (TPSA) is 116 Å². The summed E-state index contributed by atoms with van der Waals surface area (Å²) in [6.07, 6.45) is 0. The third-order valence-corrected chi connectivity index (χ3v) is 4.75. The average Bonchev–Trinajstić information content (AvgIpc) is 2.58. The number of thioether (sulfide) groups is 1. The quantitative estimate of drug-likeness (QED) is 0.818. The number of nitriles is 2. The summed E-state index contributed by atoms with van der Waals surface area (Å²) in [5, 5.41) is 21.0. The Labute approximate surface area is 150 Å². The third-order valence-electron chi connectivity index (χ3n) is 3.64. The second kappa shape index (κ2) is 7.69. The Kier molecular flexibility index (Phi) is 5.63. The molecule has 3 N–H and O–H groups in total. The minimum atomic E-state index is -0.494. The van der Waals surface area contributed by atoms with Gasteiger partial charge >= 0.3 is 0 Å². The van der Waals surface area contributed by atoms with Crippen LogP contribution in [0.15, 0.2) is 29.3 Å². The summed E-state index contributed by atoms with van der Waals surface area (Å²) in [5.41, 5.74) is 8.82. The van der Waals surface area contributed by atoms with Crippen molar-refractivity contribution in [3.05, 3.63) is 46.5 Å². The van der Waals surface area contributed by atoms with E-state index < -0.39 is 5.25 Å². The van der Waals surface area contributed by atoms with Gasteiger partial charge in [0, 0.05) is 5.69 Å². The summed E-state index contributed by atoms with van der Waals surface area (Å²) in [4.78, 5) is 16.6. The van der Waals surface area contributed by atoms with Crippen LogP contribution in [0.4, 0.5) is 11.5 Å². The molecule has 0 aliphatic heterocycles. The largest absolute Gasteiger partial charge is 0.383 e. The number of nitrogen functional groups attached to an aromatic ring is 1. The summed E-state index contributed by atoms with van der Waals surface area (Å²) >= 11 is 1.13. The predicted octanol–water partition coefficient (Wildman–Crippen LogP) is 3.14. The van der Waals surface area contributed by atoms with E-state index in [4.69, 9.17) is 11.0 Å². The summed E-state index contributed by atoms with van der Waals surface area (Å²) in [7, 11) is 0. The molecular weight excluding hydrogens is 334 g/mol. The first-order valence-electron chi connectivity index (χ1n) is 7.51. The first kappa shape index (κ1) is 18.3. The SMILES string of the molecule is Cc1cccc(C)c1NC(=O)C(C)Sc1nc(N)c(C#N)cc1C#N. The minimum absolute atomic E-state index is 0.0476. The second-order valence-electron chi connectivity index (χ2n) is 5.51. The van der Waals surface area contributed by atoms with Crippen LogP contribution in [0, 0.1) is 36.5 Å². The maximum atomic E-state index is 12.5. The van der Waals surface area contributed by atoms with Gasteiger partial charge in [0.2, 0.25) is 5.91 Å². The molecule has 1 heterocycles. The zero-order chi connectivity index (χ0) is 18.6. The standard InChI is InChI=1S/C18H17N5OS/c1-10-5-4-6-11(2)15(10)22-17(24)12(3)25-18-14(9-20)7-13(8-19)16(21)23-18/h4-7,12H,1-3H3,(H2,21,23)(H,22,24). The lowest BCUT2D eigenvalue weighted by Crippen LogP contribution is -2.23. The van der Waals surface area contributed by atoms with Gasteiger partial charge in [-0.05, 0) is 38.0 Å². The minimum Gasteiger partial charge on any atom is -0.383 e. The highest BCUT2D eigenvalue weighted by molar-refractivity contribution is 8.00. The van der Waals surface area contributed by atoms with Crippen molar-refractivity contribution in [2.45, 2.75) is 31.0 Å². The number of carbonyl (C=O) groups is 1. The Balaban J connectivity index is 2.21. The van der Waals surface area contributed by atoms with E-state index in [1.807, 2.05) is 44.2 Å². The number of hydrogen-bond acceptors (Lipinski definition) is 6. The van der Waals surface area contributed by atoms with Gasteiger partial charge in [-0.25, -0.2) is 4.98 Å². The molecule has 7 heteroatoms. The summed E-state index contributed by atoms with van der Waals surface area (Å²) < 4.78 is 0. The van der Waals surface area contributed by atoms with Crippen LogP contribution in [0.5, 0.6) is 0 Å². The van der Waals surface area contributed by atoms with E-state index in [0.29, 0.717) is 5.03 Å². The van der Waals surface area contributed by atoms with Crippen molar-refractivity contribution in [3.8, 4) is 12.1 Å². The van der Waals surface area contributed by atoms with Gasteiger partial charge in [0.15, 0.2) is 0 Å². The van der Waals surface area contributed by atoms with Crippen LogP contribution in [0.1, 0.15) is 29.2 Å². The van der Waals surface area contributed by atoms with Crippen molar-refractivity contribution in [1.29, 1.82) is 10.5 Å². The number of nitrogens with zero attached hydrogens (tertiary/aromatic N) is 3. The molecule has 2 aromatic rings. The number of carbonyl (C=O) groups excluding carboxylic acids is 1. The van der Waals surface area contributed by atoms with Crippen molar-refractivity contribution in [1.82, 2.24) is 4.98 Å². The Morgan fingerprint density at radius 2 is 1.84 bits per heavy atom. The van der Waals surface area contributed by atoms with Crippen LogP contribution < -0.4 is 11.1 Å². The van der Waals surface area contributed by atoms with Gasteiger partial charge in [0.1, 0.15) is 23.0 Å². The Bertz CT molecular complexity index is 891. The summed E-state index contributed by atoms with van der Waals surface area (Å²) in [5.74, 6) is -0.151. The van der Waals surface area contributed by atoms with Gasteiger partial charge in [-0.1, -0.05) is 30.0 Å². The molecular formula is C18H17N5OS. The van der Waals surface area contributed by atoms with Crippen LogP contribution in [0.3, 0.4) is 0 Å². The van der Waals surface area contributed by atoms with Crippen molar-refractivity contribution < 1.29 is 4.79 Å². The number of aromatic nitrogens is 1. The Morgan fingerprint density at radius 1 is 1.24 bits per heavy atom. The van der Waals surface area contributed by atoms with Crippen LogP contribution >= 0.6 is 11.8 Å². The maximum Gasteiger partial charge on any atom is 0.237 e. The summed E-state index contributed by atoms with van der Waals surface area (Å²) in [6, 6.07) is 11.1. The van der Waals surface area contributed by atoms with Gasteiger partial charge < -0.3 is 11.1 Å². The number of pyridine rings is 1. The molecule has 126 valence electrons. The molecule has 1 aromatic carbocycles. The highest BCUT2D eigenvalue weighted by atomic mass is 32.2. The van der Waals surface area contributed by atoms with E-state index in [1.165, 1.54) is 6.07 Å². The van der Waals surface area contributed by atoms with E-state index in [0.717, 1.165) is 28.6 Å². The number of para-hydroxylation sites is 1. The number of amides is 1. The Morgan fingerprint density at radius 3 is 2.40 bits per heavy atom. The average molecular weight is 351 g/mol. The number of nitrogens with two attached hydrogens (primary N) is 1. The molecule has 0 saturated carbocycles. The molecule has 0 aliphatic rings. The molecule has 0 fully saturated rings. The zero-order valence-electron chi connectivity index (χ0n) is 14.1. The second-order valence-corrected chi connectivity index (χ2v) is 6.84. The molecule has 25 heavy (non-hydrogen) atoms. The molecule has 1 aromatic heterocycles. The van der Waals surface area contributed by atoms with E-state index >= 15 is 0 Å². The molecule has 2 rings (SSSR count). The van der Waals surface area contributed by atoms with Crippen LogP contribution in [-0.2, 0) is 4.79 Å². The lowest BCUT2D eigenvalue weighted by atomic mass is 10.1. The van der Waals surface area contributed by atoms with Gasteiger partial charge in [0.05, 0.1) is 16.4 Å². The third kappa shape index (κ3) is 4.09. The molecule has 0 aliphatic carbocycles. The van der Waals surface area contributed by atoms with E-state index in [9.17, 15) is 10.1 Å². The van der Waals surface area contributed by atoms with Crippen molar-refractivity contribution in [3.63, 3.8) is 0 Å². The summed E-state index contributed by atoms with van der Waals surface area (Å²) in [6.45, 7) is 5.58. The van der Waals surface area contributed by atoms with E-state index in [1.54, 1.807) is 6.92 Å². The number of anilines is 2. The molecule has 0 spiro atoms. The molecule has 1 unspecified atom stereocenters. The number of nitrogens with one attached hydrogen (secondary N) is 1. The highest BCUT2D eigenvalue weighted by Gasteiger charge is 2.20. The van der Waals surface area contributed by atoms with E-state index in [-0.39, 0.29) is 22.9 Å². The van der Waals surface area contributed by atoms with Crippen molar-refractivity contribution in [2.75, 3.05) is 11.1 Å². The monoisotopic (exact) mass is 351 g/mol. The maximum absolute atomic E-state index is 12.5. The fourth-order valence-corrected chi connectivity index (χ4v) is 3.11. The Hall–Kier alpha value is -3.03. The number of benzene rings is 1. The number of aryl methyl sites for hydroxylation is 2. The van der Waals surface area contributed by atoms with Gasteiger partial charge in [-0.2, -0.15) is 10.5 Å². The lowest BCUT2D eigenvalue weighted by molar-refractivity contribution is -0.115. The molecule has 1 atom stereocenters. The van der Waals surface area contributed by atoms with Crippen LogP contribution in [-0.4, -0.2) is 16.1 Å². The zero-order valence-corrected chi connectivity index (χ0v) is 14.9. The van der Waals surface area contributed by atoms with Gasteiger partial charge in [-0.3, -0.25) is 4.79 Å². The lowest BCUT2D eigenvalue weighted by Gasteiger charge is -2.15. The first-order valence-corrected chi connectivity index (χ1v) is 8.39. The first-order chi connectivity index (χ1) is 11.9. The number of rotatable bonds is 4. The van der Waals surface area contributed by atoms with Crippen LogP contribution in [0.25, 0.3) is 0 Å². The predicted molar refractivity (Wildman–Crippen MR) is 97.9 cm³/mol. The molecule has 0 radical (unpaired) electrons. The van der Waals surface area contributed by atoms with Crippen molar-refractivity contribution >= 4 is 29.2 Å². The van der Waals surface area contributed by atoms with Crippen molar-refractivity contribution in [2.24, 2.45) is 0 Å². The molecule has 6 nitrogen and oxygen atoms in total. The van der Waals surface area contributed by atoms with E-state index in [2.05, 4.69) is 10.3 Å². The highest BCUT2D eigenvalue weighted by Crippen LogP contribution is 2.29. The fourth-order valence-electron chi connectivity index (χ4n) is 2.23. The van der Waals surface area contributed by atoms with Gasteiger partial charge in [-0.15, -0.1) is 0 Å². The molecule has 0 bridgehead atoms. The number of hydrogen-bond donors (Lipinski definition) is 2. The van der Waals surface area contributed by atoms with Gasteiger partial charge in [0.25, 0.3) is 0 Å². The molecule has 1 amide bonds. The molecule has 0 saturated heterocycles.